The van der Waals surface area contributed by atoms with E-state index in [2.05, 4.69) is 57.9 Å². The van der Waals surface area contributed by atoms with Gasteiger partial charge in [-0.25, -0.2) is 0 Å². The van der Waals surface area contributed by atoms with E-state index in [1.54, 1.807) is 0 Å². The zero-order valence-corrected chi connectivity index (χ0v) is 15.1. The highest BCUT2D eigenvalue weighted by atomic mass is 79.9. The van der Waals surface area contributed by atoms with Gasteiger partial charge < -0.3 is 5.73 Å². The second-order valence-corrected chi connectivity index (χ2v) is 7.71. The van der Waals surface area contributed by atoms with Gasteiger partial charge in [-0.2, -0.15) is 0 Å². The van der Waals surface area contributed by atoms with E-state index < -0.39 is 0 Å². The van der Waals surface area contributed by atoms with E-state index in [9.17, 15) is 0 Å². The molecule has 2 N–H and O–H groups in total. The number of nitrogens with zero attached hydrogens (tertiary/aromatic N) is 2. The van der Waals surface area contributed by atoms with Crippen LogP contribution in [0.1, 0.15) is 38.1 Å². The summed E-state index contributed by atoms with van der Waals surface area (Å²) >= 11 is 5.39. The average Bonchev–Trinajstić information content (AvgIpc) is 2.85. The van der Waals surface area contributed by atoms with Gasteiger partial charge in [-0.15, -0.1) is 11.3 Å². The molecule has 2 heterocycles. The molecule has 0 amide bonds. The van der Waals surface area contributed by atoms with Gasteiger partial charge in [0.1, 0.15) is 0 Å². The van der Waals surface area contributed by atoms with Crippen LogP contribution in [0.25, 0.3) is 0 Å². The molecule has 5 heteroatoms. The lowest BCUT2D eigenvalue weighted by atomic mass is 10.0. The maximum Gasteiger partial charge on any atom is 0.0594 e. The molecule has 1 aliphatic rings. The third kappa shape index (κ3) is 3.83. The van der Waals surface area contributed by atoms with E-state index in [1.807, 2.05) is 11.3 Å². The average molecular weight is 360 g/mol. The minimum absolute atomic E-state index is 0.214. The molecule has 2 rings (SSSR count). The molecule has 3 nitrogen and oxygen atoms in total. The lowest BCUT2D eigenvalue weighted by Crippen LogP contribution is -2.52. The van der Waals surface area contributed by atoms with Gasteiger partial charge in [0.2, 0.25) is 0 Å². The van der Waals surface area contributed by atoms with Crippen molar-refractivity contribution >= 4 is 27.3 Å². The third-order valence-corrected chi connectivity index (χ3v) is 5.99. The van der Waals surface area contributed by atoms with Crippen molar-refractivity contribution in [2.24, 2.45) is 5.73 Å². The topological polar surface area (TPSA) is 32.5 Å². The molecule has 0 saturated carbocycles. The summed E-state index contributed by atoms with van der Waals surface area (Å²) in [6.07, 6.45) is 1.02. The molecule has 0 aliphatic carbocycles. The summed E-state index contributed by atoms with van der Waals surface area (Å²) in [5, 5.41) is 2.16. The van der Waals surface area contributed by atoms with Crippen molar-refractivity contribution in [3.63, 3.8) is 0 Å². The Kier molecular flexibility index (Phi) is 6.05. The van der Waals surface area contributed by atoms with Crippen LogP contribution in [0, 0.1) is 0 Å². The Balaban J connectivity index is 2.09. The van der Waals surface area contributed by atoms with Crippen LogP contribution in [0.3, 0.4) is 0 Å². The normalized spacial score (nSPS) is 21.3. The molecule has 1 saturated heterocycles. The molecular formula is C15H26BrN3S. The second kappa shape index (κ2) is 7.36. The van der Waals surface area contributed by atoms with E-state index in [-0.39, 0.29) is 6.04 Å². The Hall–Kier alpha value is 0.0600. The largest absolute Gasteiger partial charge is 0.326 e. The molecule has 0 spiro atoms. The highest BCUT2D eigenvalue weighted by Crippen LogP contribution is 2.33. The van der Waals surface area contributed by atoms with Crippen LogP contribution in [0.5, 0.6) is 0 Å². The van der Waals surface area contributed by atoms with Crippen LogP contribution in [0.4, 0.5) is 0 Å². The van der Waals surface area contributed by atoms with Gasteiger partial charge in [0.15, 0.2) is 0 Å². The van der Waals surface area contributed by atoms with Gasteiger partial charge in [-0.05, 0) is 42.3 Å². The molecule has 1 aliphatic heterocycles. The van der Waals surface area contributed by atoms with E-state index in [1.165, 1.54) is 9.35 Å². The maximum atomic E-state index is 6.42. The summed E-state index contributed by atoms with van der Waals surface area (Å²) < 4.78 is 1.17. The Bertz CT molecular complexity index is 413. The smallest absolute Gasteiger partial charge is 0.0594 e. The Morgan fingerprint density at radius 1 is 1.25 bits per heavy atom. The fourth-order valence-electron chi connectivity index (χ4n) is 2.90. The van der Waals surface area contributed by atoms with Crippen molar-refractivity contribution in [1.82, 2.24) is 9.80 Å². The lowest BCUT2D eigenvalue weighted by molar-refractivity contribution is 0.0691. The van der Waals surface area contributed by atoms with Gasteiger partial charge in [-0.3, -0.25) is 9.80 Å². The van der Waals surface area contributed by atoms with Crippen molar-refractivity contribution in [3.05, 3.63) is 20.8 Å². The summed E-state index contributed by atoms with van der Waals surface area (Å²) in [5.41, 5.74) is 6.42. The molecule has 1 fully saturated rings. The van der Waals surface area contributed by atoms with Gasteiger partial charge in [0, 0.05) is 53.0 Å². The summed E-state index contributed by atoms with van der Waals surface area (Å²) in [5.74, 6) is 0. The van der Waals surface area contributed by atoms with Crippen LogP contribution in [0.2, 0.25) is 0 Å². The summed E-state index contributed by atoms with van der Waals surface area (Å²) in [7, 11) is 0. The van der Waals surface area contributed by atoms with E-state index >= 15 is 0 Å². The number of halogens is 1. The molecule has 0 aromatic carbocycles. The Morgan fingerprint density at radius 3 is 2.30 bits per heavy atom. The highest BCUT2D eigenvalue weighted by molar-refractivity contribution is 9.10. The molecule has 1 aromatic heterocycles. The Labute approximate surface area is 135 Å². The van der Waals surface area contributed by atoms with Crippen molar-refractivity contribution in [2.45, 2.75) is 45.3 Å². The minimum atomic E-state index is 0.214. The lowest BCUT2D eigenvalue weighted by Gasteiger charge is -2.42. The molecule has 1 aromatic rings. The number of piperazine rings is 1. The second-order valence-electron chi connectivity index (χ2n) is 5.85. The number of hydrogen-bond donors (Lipinski definition) is 1. The van der Waals surface area contributed by atoms with Crippen LogP contribution in [-0.2, 0) is 0 Å². The van der Waals surface area contributed by atoms with Gasteiger partial charge >= 0.3 is 0 Å². The van der Waals surface area contributed by atoms with E-state index in [0.717, 1.165) is 32.6 Å². The molecule has 0 bridgehead atoms. The van der Waals surface area contributed by atoms with Gasteiger partial charge in [0.25, 0.3) is 0 Å². The maximum absolute atomic E-state index is 6.42. The quantitative estimate of drug-likeness (QED) is 0.874. The highest BCUT2D eigenvalue weighted by Gasteiger charge is 2.30. The summed E-state index contributed by atoms with van der Waals surface area (Å²) in [6.45, 7) is 11.3. The van der Waals surface area contributed by atoms with Crippen LogP contribution in [-0.4, -0.2) is 48.1 Å². The third-order valence-electron chi connectivity index (χ3n) is 4.23. The molecule has 2 atom stereocenters. The molecular weight excluding hydrogens is 334 g/mol. The van der Waals surface area contributed by atoms with Crippen LogP contribution < -0.4 is 5.73 Å². The molecule has 2 unspecified atom stereocenters. The predicted molar refractivity (Wildman–Crippen MR) is 91.3 cm³/mol. The standard InChI is InChI=1S/C15H26BrN3S/c1-4-13(17)15(14-9-12(16)10-20-14)19-7-5-18(6-8-19)11(2)3/h9-11,13,15H,4-8,17H2,1-3H3. The fraction of sp³-hybridized carbons (Fsp3) is 0.733. The number of hydrogen-bond acceptors (Lipinski definition) is 4. The first-order valence-electron chi connectivity index (χ1n) is 7.50. The van der Waals surface area contributed by atoms with Crippen molar-refractivity contribution < 1.29 is 0 Å². The first-order chi connectivity index (χ1) is 9.52. The fourth-order valence-corrected chi connectivity index (χ4v) is 4.55. The number of nitrogens with two attached hydrogens (primary N) is 1. The first kappa shape index (κ1) is 16.4. The van der Waals surface area contributed by atoms with Crippen LogP contribution in [0.15, 0.2) is 15.9 Å². The SMILES string of the molecule is CCC(N)C(c1cc(Br)cs1)N1CCN(C(C)C)CC1. The van der Waals surface area contributed by atoms with Gasteiger partial charge in [0.05, 0.1) is 6.04 Å². The van der Waals surface area contributed by atoms with Crippen LogP contribution >= 0.6 is 27.3 Å². The summed E-state index contributed by atoms with van der Waals surface area (Å²) in [4.78, 5) is 6.52. The van der Waals surface area contributed by atoms with Crippen molar-refractivity contribution in [1.29, 1.82) is 0 Å². The minimum Gasteiger partial charge on any atom is -0.326 e. The zero-order valence-electron chi connectivity index (χ0n) is 12.7. The molecule has 114 valence electrons. The summed E-state index contributed by atoms with van der Waals surface area (Å²) in [6, 6.07) is 3.46. The molecule has 0 radical (unpaired) electrons. The van der Waals surface area contributed by atoms with E-state index in [0.29, 0.717) is 12.1 Å². The number of rotatable bonds is 5. The predicted octanol–water partition coefficient (Wildman–Crippen LogP) is 3.32. The monoisotopic (exact) mass is 359 g/mol. The van der Waals surface area contributed by atoms with E-state index in [4.69, 9.17) is 5.73 Å². The zero-order chi connectivity index (χ0) is 14.7. The van der Waals surface area contributed by atoms with Gasteiger partial charge in [-0.1, -0.05) is 6.92 Å². The Morgan fingerprint density at radius 2 is 1.85 bits per heavy atom. The van der Waals surface area contributed by atoms with Crippen molar-refractivity contribution in [3.8, 4) is 0 Å². The molecule has 20 heavy (non-hydrogen) atoms. The first-order valence-corrected chi connectivity index (χ1v) is 9.17. The number of thiophene rings is 1. The van der Waals surface area contributed by atoms with Crippen molar-refractivity contribution in [2.75, 3.05) is 26.2 Å².